The lowest BCUT2D eigenvalue weighted by atomic mass is 10.2. The fourth-order valence-electron chi connectivity index (χ4n) is 3.11. The van der Waals surface area contributed by atoms with E-state index in [0.717, 1.165) is 18.4 Å². The first-order valence-corrected chi connectivity index (χ1v) is 8.55. The molecule has 0 spiro atoms. The van der Waals surface area contributed by atoms with Gasteiger partial charge in [0.2, 0.25) is 5.88 Å². The summed E-state index contributed by atoms with van der Waals surface area (Å²) in [5, 5.41) is 2.84. The number of nitrogens with zero attached hydrogens (tertiary/aromatic N) is 3. The molecule has 3 heterocycles. The Morgan fingerprint density at radius 3 is 2.64 bits per heavy atom. The summed E-state index contributed by atoms with van der Waals surface area (Å²) in [7, 11) is 1.52. The van der Waals surface area contributed by atoms with Gasteiger partial charge >= 0.3 is 6.03 Å². The van der Waals surface area contributed by atoms with Gasteiger partial charge in [0.05, 0.1) is 7.11 Å². The number of ether oxygens (including phenoxy) is 2. The van der Waals surface area contributed by atoms with Crippen LogP contribution in [-0.2, 0) is 9.53 Å². The molecule has 1 aromatic heterocycles. The summed E-state index contributed by atoms with van der Waals surface area (Å²) in [6.07, 6.45) is 3.11. The second-order valence-electron chi connectivity index (χ2n) is 6.31. The molecular formula is C17H24N4O4. The van der Waals surface area contributed by atoms with E-state index in [4.69, 9.17) is 9.47 Å². The lowest BCUT2D eigenvalue weighted by molar-refractivity contribution is -0.142. The highest BCUT2D eigenvalue weighted by atomic mass is 16.5. The Kier molecular flexibility index (Phi) is 5.37. The Labute approximate surface area is 147 Å². The second-order valence-corrected chi connectivity index (χ2v) is 6.31. The Balaban J connectivity index is 1.55. The van der Waals surface area contributed by atoms with E-state index in [9.17, 15) is 9.59 Å². The molecule has 0 radical (unpaired) electrons. The number of carbonyl (C=O) groups excluding carboxylic acids is 2. The normalized spacial score (nSPS) is 20.5. The van der Waals surface area contributed by atoms with E-state index in [1.54, 1.807) is 16.0 Å². The zero-order valence-corrected chi connectivity index (χ0v) is 14.7. The number of rotatable bonds is 3. The van der Waals surface area contributed by atoms with Crippen molar-refractivity contribution in [3.8, 4) is 5.88 Å². The van der Waals surface area contributed by atoms with Crippen LogP contribution in [0.25, 0.3) is 0 Å². The molecule has 0 aromatic carbocycles. The molecule has 1 N–H and O–H groups in total. The highest BCUT2D eigenvalue weighted by Gasteiger charge is 2.31. The Bertz CT molecular complexity index is 638. The van der Waals surface area contributed by atoms with Crippen molar-refractivity contribution >= 4 is 17.6 Å². The molecule has 8 heteroatoms. The van der Waals surface area contributed by atoms with E-state index in [2.05, 4.69) is 10.3 Å². The standard InChI is InChI=1S/C17H24N4O4/c1-12-10-13(15(24-2)18-11-12)19-17(23)21-7-5-20(6-8-21)16(22)14-4-3-9-25-14/h10-11,14H,3-9H2,1-2H3,(H,19,23). The maximum Gasteiger partial charge on any atom is 0.322 e. The topological polar surface area (TPSA) is 84.0 Å². The molecule has 0 aliphatic carbocycles. The molecule has 2 aliphatic heterocycles. The maximum absolute atomic E-state index is 12.5. The largest absolute Gasteiger partial charge is 0.480 e. The first kappa shape index (κ1) is 17.5. The molecule has 3 rings (SSSR count). The van der Waals surface area contributed by atoms with Crippen molar-refractivity contribution in [2.75, 3.05) is 45.2 Å². The number of carbonyl (C=O) groups is 2. The molecule has 1 aromatic rings. The number of hydrogen-bond acceptors (Lipinski definition) is 5. The van der Waals surface area contributed by atoms with Gasteiger partial charge in [0.25, 0.3) is 5.91 Å². The minimum absolute atomic E-state index is 0.0436. The van der Waals surface area contributed by atoms with Gasteiger partial charge in [-0.15, -0.1) is 0 Å². The van der Waals surface area contributed by atoms with Gasteiger partial charge in [0.1, 0.15) is 11.8 Å². The third-order valence-electron chi connectivity index (χ3n) is 4.51. The second kappa shape index (κ2) is 7.69. The molecule has 136 valence electrons. The number of pyridine rings is 1. The number of aryl methyl sites for hydroxylation is 1. The van der Waals surface area contributed by atoms with Crippen LogP contribution in [0.1, 0.15) is 18.4 Å². The molecular weight excluding hydrogens is 324 g/mol. The molecule has 0 saturated carbocycles. The molecule has 2 aliphatic rings. The van der Waals surface area contributed by atoms with Gasteiger partial charge in [-0.1, -0.05) is 0 Å². The van der Waals surface area contributed by atoms with Crippen molar-refractivity contribution in [1.82, 2.24) is 14.8 Å². The zero-order valence-electron chi connectivity index (χ0n) is 14.7. The van der Waals surface area contributed by atoms with Crippen LogP contribution in [0.15, 0.2) is 12.3 Å². The van der Waals surface area contributed by atoms with Crippen molar-refractivity contribution in [2.45, 2.75) is 25.9 Å². The van der Waals surface area contributed by atoms with Gasteiger partial charge in [-0.2, -0.15) is 0 Å². The van der Waals surface area contributed by atoms with Gasteiger partial charge in [-0.25, -0.2) is 9.78 Å². The summed E-state index contributed by atoms with van der Waals surface area (Å²) in [6.45, 7) is 4.59. The molecule has 3 amide bonds. The first-order chi connectivity index (χ1) is 12.1. The van der Waals surface area contributed by atoms with Crippen molar-refractivity contribution < 1.29 is 19.1 Å². The van der Waals surface area contributed by atoms with Crippen molar-refractivity contribution in [3.05, 3.63) is 17.8 Å². The summed E-state index contributed by atoms with van der Waals surface area (Å²) >= 11 is 0. The summed E-state index contributed by atoms with van der Waals surface area (Å²) in [5.74, 6) is 0.424. The summed E-state index contributed by atoms with van der Waals surface area (Å²) in [6, 6.07) is 1.61. The molecule has 25 heavy (non-hydrogen) atoms. The number of amides is 3. The fourth-order valence-corrected chi connectivity index (χ4v) is 3.11. The first-order valence-electron chi connectivity index (χ1n) is 8.55. The van der Waals surface area contributed by atoms with E-state index < -0.39 is 0 Å². The maximum atomic E-state index is 12.5. The molecule has 2 saturated heterocycles. The van der Waals surface area contributed by atoms with E-state index >= 15 is 0 Å². The van der Waals surface area contributed by atoms with Crippen LogP contribution < -0.4 is 10.1 Å². The third-order valence-corrected chi connectivity index (χ3v) is 4.51. The highest BCUT2D eigenvalue weighted by molar-refractivity contribution is 5.91. The number of nitrogens with one attached hydrogen (secondary N) is 1. The summed E-state index contributed by atoms with van der Waals surface area (Å²) < 4.78 is 10.6. The van der Waals surface area contributed by atoms with Gasteiger partial charge in [-0.05, 0) is 31.4 Å². The van der Waals surface area contributed by atoms with Gasteiger partial charge < -0.3 is 24.6 Å². The molecule has 8 nitrogen and oxygen atoms in total. The lowest BCUT2D eigenvalue weighted by Gasteiger charge is -2.35. The van der Waals surface area contributed by atoms with Crippen molar-refractivity contribution in [2.24, 2.45) is 0 Å². The van der Waals surface area contributed by atoms with E-state index in [1.807, 2.05) is 13.0 Å². The number of anilines is 1. The number of urea groups is 1. The van der Waals surface area contributed by atoms with Gasteiger partial charge in [0, 0.05) is 39.0 Å². The number of methoxy groups -OCH3 is 1. The summed E-state index contributed by atoms with van der Waals surface area (Å²) in [5.41, 5.74) is 1.48. The van der Waals surface area contributed by atoms with Crippen LogP contribution in [0.5, 0.6) is 5.88 Å². The monoisotopic (exact) mass is 348 g/mol. The van der Waals surface area contributed by atoms with Crippen LogP contribution in [-0.4, -0.2) is 72.7 Å². The average Bonchev–Trinajstić information content (AvgIpc) is 3.16. The minimum atomic E-state index is -0.303. The lowest BCUT2D eigenvalue weighted by Crippen LogP contribution is -2.53. The third kappa shape index (κ3) is 4.01. The minimum Gasteiger partial charge on any atom is -0.480 e. The van der Waals surface area contributed by atoms with Gasteiger partial charge in [-0.3, -0.25) is 4.79 Å². The van der Waals surface area contributed by atoms with Crippen molar-refractivity contribution in [1.29, 1.82) is 0 Å². The van der Waals surface area contributed by atoms with Crippen LogP contribution in [0.3, 0.4) is 0 Å². The molecule has 1 atom stereocenters. The number of hydrogen-bond donors (Lipinski definition) is 1. The van der Waals surface area contributed by atoms with E-state index in [0.29, 0.717) is 44.4 Å². The van der Waals surface area contributed by atoms with Crippen molar-refractivity contribution in [3.63, 3.8) is 0 Å². The number of aromatic nitrogens is 1. The Morgan fingerprint density at radius 1 is 1.28 bits per heavy atom. The summed E-state index contributed by atoms with van der Waals surface area (Å²) in [4.78, 5) is 32.5. The smallest absolute Gasteiger partial charge is 0.322 e. The molecule has 1 unspecified atom stereocenters. The Morgan fingerprint density at radius 2 is 2.00 bits per heavy atom. The predicted octanol–water partition coefficient (Wildman–Crippen LogP) is 1.25. The number of piperazine rings is 1. The quantitative estimate of drug-likeness (QED) is 0.889. The SMILES string of the molecule is COc1ncc(C)cc1NC(=O)N1CCN(C(=O)C2CCCO2)CC1. The van der Waals surface area contributed by atoms with E-state index in [-0.39, 0.29) is 18.0 Å². The molecule has 0 bridgehead atoms. The van der Waals surface area contributed by atoms with Gasteiger partial charge in [0.15, 0.2) is 0 Å². The zero-order chi connectivity index (χ0) is 17.8. The van der Waals surface area contributed by atoms with Crippen LogP contribution in [0.2, 0.25) is 0 Å². The predicted molar refractivity (Wildman–Crippen MR) is 91.7 cm³/mol. The fraction of sp³-hybridized carbons (Fsp3) is 0.588. The Hall–Kier alpha value is -2.35. The highest BCUT2D eigenvalue weighted by Crippen LogP contribution is 2.23. The van der Waals surface area contributed by atoms with Crippen LogP contribution in [0.4, 0.5) is 10.5 Å². The molecule has 2 fully saturated rings. The van der Waals surface area contributed by atoms with Crippen LogP contribution in [0, 0.1) is 6.92 Å². The van der Waals surface area contributed by atoms with Crippen LogP contribution >= 0.6 is 0 Å². The average molecular weight is 348 g/mol. The van der Waals surface area contributed by atoms with E-state index in [1.165, 1.54) is 7.11 Å².